The predicted molar refractivity (Wildman–Crippen MR) is 78.8 cm³/mol. The van der Waals surface area contributed by atoms with E-state index < -0.39 is 5.97 Å². The van der Waals surface area contributed by atoms with Crippen LogP contribution in [0.4, 0.5) is 4.79 Å². The molecule has 0 spiro atoms. The zero-order chi connectivity index (χ0) is 14.6. The van der Waals surface area contributed by atoms with Crippen molar-refractivity contribution in [1.29, 1.82) is 0 Å². The average Bonchev–Trinajstić information content (AvgIpc) is 2.36. The fourth-order valence-electron chi connectivity index (χ4n) is 2.51. The van der Waals surface area contributed by atoms with Crippen LogP contribution in [0.25, 0.3) is 0 Å². The Morgan fingerprint density at radius 3 is 2.15 bits per heavy atom. The molecule has 1 rings (SSSR count). The zero-order valence-electron chi connectivity index (χ0n) is 12.4. The van der Waals surface area contributed by atoms with E-state index in [-0.39, 0.29) is 12.5 Å². The first-order valence-corrected chi connectivity index (χ1v) is 7.95. The van der Waals surface area contributed by atoms with Crippen molar-refractivity contribution in [2.24, 2.45) is 0 Å². The largest absolute Gasteiger partial charge is 0.481 e. The lowest BCUT2D eigenvalue weighted by molar-refractivity contribution is -0.137. The van der Waals surface area contributed by atoms with Crippen molar-refractivity contribution in [2.45, 2.75) is 64.2 Å². The summed E-state index contributed by atoms with van der Waals surface area (Å²) in [5.74, 6) is -0.726. The van der Waals surface area contributed by atoms with Crippen molar-refractivity contribution < 1.29 is 14.7 Å². The van der Waals surface area contributed by atoms with Gasteiger partial charge in [-0.3, -0.25) is 4.79 Å². The molecule has 0 radical (unpaired) electrons. The second-order valence-corrected chi connectivity index (χ2v) is 5.54. The number of amides is 2. The van der Waals surface area contributed by atoms with Crippen LogP contribution in [-0.2, 0) is 4.79 Å². The van der Waals surface area contributed by atoms with Gasteiger partial charge in [-0.05, 0) is 25.7 Å². The number of carboxylic acid groups (broad SMARTS) is 1. The second kappa shape index (κ2) is 10.5. The molecule has 5 nitrogen and oxygen atoms in total. The van der Waals surface area contributed by atoms with Crippen molar-refractivity contribution in [3.05, 3.63) is 0 Å². The van der Waals surface area contributed by atoms with E-state index in [1.165, 1.54) is 19.3 Å². The van der Waals surface area contributed by atoms with E-state index in [0.29, 0.717) is 6.54 Å². The molecule has 2 N–H and O–H groups in total. The Hall–Kier alpha value is -1.26. The minimum atomic E-state index is -0.726. The minimum Gasteiger partial charge on any atom is -0.481 e. The number of likely N-dealkylation sites (tertiary alicyclic amines) is 1. The molecule has 116 valence electrons. The Morgan fingerprint density at radius 1 is 0.900 bits per heavy atom. The van der Waals surface area contributed by atoms with Crippen molar-refractivity contribution in [3.63, 3.8) is 0 Å². The quantitative estimate of drug-likeness (QED) is 0.706. The number of nitrogens with one attached hydrogen (secondary N) is 1. The van der Waals surface area contributed by atoms with E-state index in [4.69, 9.17) is 5.11 Å². The highest BCUT2D eigenvalue weighted by molar-refractivity contribution is 5.74. The molecule has 0 aliphatic carbocycles. The Labute approximate surface area is 121 Å². The van der Waals surface area contributed by atoms with E-state index >= 15 is 0 Å². The van der Waals surface area contributed by atoms with Crippen LogP contribution >= 0.6 is 0 Å². The maximum absolute atomic E-state index is 12.0. The normalized spacial score (nSPS) is 16.3. The first kappa shape index (κ1) is 16.8. The lowest BCUT2D eigenvalue weighted by Crippen LogP contribution is -2.41. The highest BCUT2D eigenvalue weighted by Gasteiger charge is 2.13. The molecule has 0 aromatic rings. The van der Waals surface area contributed by atoms with Crippen LogP contribution in [0.15, 0.2) is 0 Å². The SMILES string of the molecule is O=C(O)CCCCCCNC(=O)N1CCCCCCC1. The van der Waals surface area contributed by atoms with Crippen LogP contribution in [0.3, 0.4) is 0 Å². The molecule has 0 aromatic carbocycles. The Kier molecular flexibility index (Phi) is 8.83. The van der Waals surface area contributed by atoms with Gasteiger partial charge in [0.25, 0.3) is 0 Å². The molecular weight excluding hydrogens is 256 g/mol. The Morgan fingerprint density at radius 2 is 1.50 bits per heavy atom. The number of urea groups is 1. The van der Waals surface area contributed by atoms with E-state index in [0.717, 1.165) is 51.6 Å². The van der Waals surface area contributed by atoms with Crippen LogP contribution < -0.4 is 5.32 Å². The summed E-state index contributed by atoms with van der Waals surface area (Å²) in [6.45, 7) is 2.46. The third kappa shape index (κ3) is 8.02. The third-order valence-corrected chi connectivity index (χ3v) is 3.74. The standard InChI is InChI=1S/C15H28N2O3/c18-14(19)10-6-2-3-7-11-16-15(20)17-12-8-4-1-5-9-13-17/h1-13H2,(H,16,20)(H,18,19). The molecule has 1 aliphatic rings. The number of rotatable bonds is 7. The molecule has 2 amide bonds. The average molecular weight is 284 g/mol. The number of carboxylic acids is 1. The molecule has 1 aliphatic heterocycles. The summed E-state index contributed by atoms with van der Waals surface area (Å²) < 4.78 is 0. The van der Waals surface area contributed by atoms with E-state index in [9.17, 15) is 9.59 Å². The topological polar surface area (TPSA) is 69.6 Å². The molecule has 20 heavy (non-hydrogen) atoms. The molecule has 5 heteroatoms. The highest BCUT2D eigenvalue weighted by atomic mass is 16.4. The summed E-state index contributed by atoms with van der Waals surface area (Å²) >= 11 is 0. The van der Waals surface area contributed by atoms with E-state index in [1.807, 2.05) is 4.90 Å². The van der Waals surface area contributed by atoms with Gasteiger partial charge in [0, 0.05) is 26.1 Å². The maximum atomic E-state index is 12.0. The summed E-state index contributed by atoms with van der Waals surface area (Å²) in [5.41, 5.74) is 0. The van der Waals surface area contributed by atoms with Crippen LogP contribution in [0.1, 0.15) is 64.2 Å². The molecule has 0 bridgehead atoms. The van der Waals surface area contributed by atoms with Gasteiger partial charge in [-0.25, -0.2) is 4.79 Å². The first-order valence-electron chi connectivity index (χ1n) is 7.95. The fourth-order valence-corrected chi connectivity index (χ4v) is 2.51. The highest BCUT2D eigenvalue weighted by Crippen LogP contribution is 2.10. The van der Waals surface area contributed by atoms with Crippen molar-refractivity contribution in [2.75, 3.05) is 19.6 Å². The van der Waals surface area contributed by atoms with Gasteiger partial charge >= 0.3 is 12.0 Å². The summed E-state index contributed by atoms with van der Waals surface area (Å²) in [7, 11) is 0. The summed E-state index contributed by atoms with van der Waals surface area (Å²) in [5, 5.41) is 11.5. The van der Waals surface area contributed by atoms with E-state index in [1.54, 1.807) is 0 Å². The van der Waals surface area contributed by atoms with Crippen LogP contribution in [-0.4, -0.2) is 41.6 Å². The van der Waals surface area contributed by atoms with Crippen LogP contribution in [0.5, 0.6) is 0 Å². The van der Waals surface area contributed by atoms with Crippen molar-refractivity contribution in [1.82, 2.24) is 10.2 Å². The third-order valence-electron chi connectivity index (χ3n) is 3.74. The van der Waals surface area contributed by atoms with Gasteiger partial charge in [-0.1, -0.05) is 32.1 Å². The van der Waals surface area contributed by atoms with Crippen molar-refractivity contribution >= 4 is 12.0 Å². The molecule has 0 saturated carbocycles. The number of aliphatic carboxylic acids is 1. The maximum Gasteiger partial charge on any atom is 0.317 e. The second-order valence-electron chi connectivity index (χ2n) is 5.54. The lowest BCUT2D eigenvalue weighted by Gasteiger charge is -2.25. The van der Waals surface area contributed by atoms with Gasteiger partial charge in [0.1, 0.15) is 0 Å². The van der Waals surface area contributed by atoms with Crippen LogP contribution in [0.2, 0.25) is 0 Å². The van der Waals surface area contributed by atoms with Gasteiger partial charge in [0.05, 0.1) is 0 Å². The molecule has 1 saturated heterocycles. The number of carbonyl (C=O) groups excluding carboxylic acids is 1. The number of unbranched alkanes of at least 4 members (excludes halogenated alkanes) is 3. The van der Waals surface area contributed by atoms with Crippen molar-refractivity contribution in [3.8, 4) is 0 Å². The minimum absolute atomic E-state index is 0.0671. The van der Waals surface area contributed by atoms with Gasteiger partial charge in [0.15, 0.2) is 0 Å². The number of nitrogens with zero attached hydrogens (tertiary/aromatic N) is 1. The molecular formula is C15H28N2O3. The predicted octanol–water partition coefficient (Wildman–Crippen LogP) is 3.00. The molecule has 0 unspecified atom stereocenters. The van der Waals surface area contributed by atoms with Crippen LogP contribution in [0, 0.1) is 0 Å². The first-order chi connectivity index (χ1) is 9.70. The molecule has 0 atom stereocenters. The van der Waals surface area contributed by atoms with E-state index in [2.05, 4.69) is 5.32 Å². The molecule has 1 heterocycles. The fraction of sp³-hybridized carbons (Fsp3) is 0.867. The summed E-state index contributed by atoms with van der Waals surface area (Å²) in [4.78, 5) is 24.3. The summed E-state index contributed by atoms with van der Waals surface area (Å²) in [6.07, 6.45) is 9.80. The number of hydrogen-bond acceptors (Lipinski definition) is 2. The van der Waals surface area contributed by atoms with Gasteiger partial charge in [0.2, 0.25) is 0 Å². The van der Waals surface area contributed by atoms with Gasteiger partial charge < -0.3 is 15.3 Å². The lowest BCUT2D eigenvalue weighted by atomic mass is 10.1. The van der Waals surface area contributed by atoms with Gasteiger partial charge in [-0.15, -0.1) is 0 Å². The van der Waals surface area contributed by atoms with Gasteiger partial charge in [-0.2, -0.15) is 0 Å². The zero-order valence-corrected chi connectivity index (χ0v) is 12.4. The summed E-state index contributed by atoms with van der Waals surface area (Å²) in [6, 6.07) is 0.0671. The monoisotopic (exact) mass is 284 g/mol. The Bertz CT molecular complexity index is 287. The number of carbonyl (C=O) groups is 2. The number of hydrogen-bond donors (Lipinski definition) is 2. The molecule has 1 fully saturated rings. The smallest absolute Gasteiger partial charge is 0.317 e. The molecule has 0 aromatic heterocycles. The Balaban J connectivity index is 2.02.